The minimum absolute atomic E-state index is 0.0968. The van der Waals surface area contributed by atoms with Gasteiger partial charge in [-0.05, 0) is 46.7 Å². The number of ether oxygens (including phenoxy) is 1. The molecule has 0 saturated heterocycles. The summed E-state index contributed by atoms with van der Waals surface area (Å²) in [5, 5.41) is 7.12. The van der Waals surface area contributed by atoms with Gasteiger partial charge in [-0.15, -0.1) is 5.10 Å². The Morgan fingerprint density at radius 2 is 1.58 bits per heavy atom. The summed E-state index contributed by atoms with van der Waals surface area (Å²) in [4.78, 5) is 11.8. The molecule has 0 spiro atoms. The van der Waals surface area contributed by atoms with Crippen molar-refractivity contribution in [3.05, 3.63) is 114 Å². The molecule has 6 nitrogen and oxygen atoms in total. The summed E-state index contributed by atoms with van der Waals surface area (Å²) in [6.07, 6.45) is 1.69. The Hall–Kier alpha value is -4.71. The number of fused-ring (bicyclic) bond motifs is 6. The van der Waals surface area contributed by atoms with Crippen LogP contribution < -0.4 is 9.64 Å². The summed E-state index contributed by atoms with van der Waals surface area (Å²) < 4.78 is 8.17. The van der Waals surface area contributed by atoms with Crippen LogP contribution >= 0.6 is 0 Å². The molecule has 1 aliphatic heterocycles. The summed E-state index contributed by atoms with van der Waals surface area (Å²) >= 11 is 0. The van der Waals surface area contributed by atoms with Crippen LogP contribution in [0, 0.1) is 0 Å². The van der Waals surface area contributed by atoms with Gasteiger partial charge < -0.3 is 9.64 Å². The molecule has 0 bridgehead atoms. The average Bonchev–Trinajstić information content (AvgIpc) is 3.37. The van der Waals surface area contributed by atoms with Crippen molar-refractivity contribution >= 4 is 22.1 Å². The molecule has 6 heteroatoms. The molecule has 1 atom stereocenters. The van der Waals surface area contributed by atoms with E-state index < -0.39 is 0 Å². The van der Waals surface area contributed by atoms with Gasteiger partial charge in [-0.2, -0.15) is 0 Å². The lowest BCUT2D eigenvalue weighted by Gasteiger charge is -2.29. The van der Waals surface area contributed by atoms with E-state index in [0.29, 0.717) is 11.7 Å². The second kappa shape index (κ2) is 7.92. The molecule has 0 fully saturated rings. The van der Waals surface area contributed by atoms with Gasteiger partial charge in [0.2, 0.25) is 5.88 Å². The predicted molar refractivity (Wildman–Crippen MR) is 142 cm³/mol. The fourth-order valence-corrected chi connectivity index (χ4v) is 5.11. The second-order valence-corrected chi connectivity index (χ2v) is 9.25. The maximum absolute atomic E-state index is 6.40. The monoisotopic (exact) mass is 469 g/mol. The van der Waals surface area contributed by atoms with E-state index in [-0.39, 0.29) is 5.92 Å². The third-order valence-electron chi connectivity index (χ3n) is 6.88. The van der Waals surface area contributed by atoms with Crippen LogP contribution in [0.4, 0.5) is 5.69 Å². The SMILES string of the molecule is CN(C)c1ccc(-c2nc3c4c(ncn3n2)Oc2ccc3ccccc3c2C4c2ccccc2)cc1. The Bertz CT molecular complexity index is 1740. The molecule has 4 aromatic carbocycles. The van der Waals surface area contributed by atoms with Crippen molar-refractivity contribution in [1.82, 2.24) is 19.6 Å². The molecule has 7 rings (SSSR count). The molecule has 1 unspecified atom stereocenters. The molecule has 0 aliphatic carbocycles. The average molecular weight is 470 g/mol. The molecular weight excluding hydrogens is 446 g/mol. The van der Waals surface area contributed by atoms with Crippen molar-refractivity contribution in [3.63, 3.8) is 0 Å². The standard InChI is InChI=1S/C30H23N5O/c1-34(2)22-15-12-21(13-16-22)28-32-29-27-25(20-9-4-3-5-10-20)26-23-11-7-6-8-19(23)14-17-24(26)36-30(27)31-18-35(29)33-28/h3-18,25H,1-2H3. The first kappa shape index (κ1) is 20.6. The van der Waals surface area contributed by atoms with Crippen molar-refractivity contribution in [2.45, 2.75) is 5.92 Å². The molecule has 0 amide bonds. The summed E-state index contributed by atoms with van der Waals surface area (Å²) in [5.74, 6) is 1.96. The first-order valence-electron chi connectivity index (χ1n) is 11.9. The first-order chi connectivity index (χ1) is 17.7. The largest absolute Gasteiger partial charge is 0.438 e. The molecule has 1 aliphatic rings. The second-order valence-electron chi connectivity index (χ2n) is 9.25. The summed E-state index contributed by atoms with van der Waals surface area (Å²) in [7, 11) is 4.06. The Labute approximate surface area is 208 Å². The molecule has 174 valence electrons. The maximum Gasteiger partial charge on any atom is 0.228 e. The van der Waals surface area contributed by atoms with E-state index in [9.17, 15) is 0 Å². The van der Waals surface area contributed by atoms with Crippen molar-refractivity contribution in [3.8, 4) is 23.0 Å². The van der Waals surface area contributed by atoms with E-state index in [2.05, 4.69) is 88.7 Å². The normalized spacial score (nSPS) is 14.3. The minimum atomic E-state index is -0.0968. The van der Waals surface area contributed by atoms with Gasteiger partial charge in [0.25, 0.3) is 0 Å². The van der Waals surface area contributed by atoms with Gasteiger partial charge in [-0.25, -0.2) is 14.5 Å². The molecule has 0 radical (unpaired) electrons. The zero-order valence-electron chi connectivity index (χ0n) is 20.0. The van der Waals surface area contributed by atoms with E-state index in [0.717, 1.165) is 44.7 Å². The van der Waals surface area contributed by atoms with Crippen LogP contribution in [0.2, 0.25) is 0 Å². The lowest BCUT2D eigenvalue weighted by atomic mass is 9.81. The molecule has 2 aromatic heterocycles. The highest BCUT2D eigenvalue weighted by molar-refractivity contribution is 5.91. The molecular formula is C30H23N5O. The molecule has 6 aromatic rings. The highest BCUT2D eigenvalue weighted by Gasteiger charge is 2.34. The Morgan fingerprint density at radius 3 is 2.39 bits per heavy atom. The zero-order valence-corrected chi connectivity index (χ0v) is 20.0. The zero-order chi connectivity index (χ0) is 24.2. The quantitative estimate of drug-likeness (QED) is 0.304. The number of rotatable bonds is 3. The smallest absolute Gasteiger partial charge is 0.228 e. The van der Waals surface area contributed by atoms with Crippen LogP contribution in [0.1, 0.15) is 22.6 Å². The van der Waals surface area contributed by atoms with Crippen LogP contribution in [0.15, 0.2) is 97.3 Å². The van der Waals surface area contributed by atoms with Gasteiger partial charge in [0.15, 0.2) is 11.5 Å². The van der Waals surface area contributed by atoms with Crippen molar-refractivity contribution < 1.29 is 4.74 Å². The molecule has 3 heterocycles. The van der Waals surface area contributed by atoms with Crippen LogP contribution in [0.3, 0.4) is 0 Å². The summed E-state index contributed by atoms with van der Waals surface area (Å²) in [6, 6.07) is 31.4. The number of aromatic nitrogens is 4. The van der Waals surface area contributed by atoms with E-state index in [4.69, 9.17) is 14.8 Å². The molecule has 0 saturated carbocycles. The highest BCUT2D eigenvalue weighted by atomic mass is 16.5. The number of nitrogens with zero attached hydrogens (tertiary/aromatic N) is 5. The van der Waals surface area contributed by atoms with Crippen molar-refractivity contribution in [2.24, 2.45) is 0 Å². The predicted octanol–water partition coefficient (Wildman–Crippen LogP) is 6.30. The van der Waals surface area contributed by atoms with Gasteiger partial charge in [0.05, 0.1) is 5.56 Å². The maximum atomic E-state index is 6.40. The fraction of sp³-hybridized carbons (Fsp3) is 0.100. The lowest BCUT2D eigenvalue weighted by Crippen LogP contribution is -2.15. The lowest BCUT2D eigenvalue weighted by molar-refractivity contribution is 0.433. The number of hydrogen-bond acceptors (Lipinski definition) is 5. The van der Waals surface area contributed by atoms with Gasteiger partial charge in [0.1, 0.15) is 12.1 Å². The Kier molecular flexibility index (Phi) is 4.54. The summed E-state index contributed by atoms with van der Waals surface area (Å²) in [6.45, 7) is 0. The third kappa shape index (κ3) is 3.15. The van der Waals surface area contributed by atoms with E-state index >= 15 is 0 Å². The van der Waals surface area contributed by atoms with Crippen molar-refractivity contribution in [1.29, 1.82) is 0 Å². The fourth-order valence-electron chi connectivity index (χ4n) is 5.11. The Morgan fingerprint density at radius 1 is 0.806 bits per heavy atom. The van der Waals surface area contributed by atoms with Gasteiger partial charge >= 0.3 is 0 Å². The van der Waals surface area contributed by atoms with Crippen LogP contribution in [0.5, 0.6) is 11.6 Å². The third-order valence-corrected chi connectivity index (χ3v) is 6.88. The number of anilines is 1. The molecule has 36 heavy (non-hydrogen) atoms. The molecule has 0 N–H and O–H groups in total. The van der Waals surface area contributed by atoms with E-state index in [1.165, 1.54) is 5.39 Å². The highest BCUT2D eigenvalue weighted by Crippen LogP contribution is 2.50. The van der Waals surface area contributed by atoms with Crippen LogP contribution in [0.25, 0.3) is 27.8 Å². The Balaban J connectivity index is 1.48. The van der Waals surface area contributed by atoms with Crippen molar-refractivity contribution in [2.75, 3.05) is 19.0 Å². The summed E-state index contributed by atoms with van der Waals surface area (Å²) in [5.41, 5.74) is 6.05. The number of hydrogen-bond donors (Lipinski definition) is 0. The first-order valence-corrected chi connectivity index (χ1v) is 11.9. The van der Waals surface area contributed by atoms with Gasteiger partial charge in [-0.3, -0.25) is 0 Å². The van der Waals surface area contributed by atoms with Gasteiger partial charge in [0, 0.05) is 36.8 Å². The van der Waals surface area contributed by atoms with Crippen LogP contribution in [-0.4, -0.2) is 33.7 Å². The van der Waals surface area contributed by atoms with Crippen LogP contribution in [-0.2, 0) is 0 Å². The number of benzene rings is 4. The van der Waals surface area contributed by atoms with E-state index in [1.54, 1.807) is 10.8 Å². The topological polar surface area (TPSA) is 55.6 Å². The minimum Gasteiger partial charge on any atom is -0.438 e. The van der Waals surface area contributed by atoms with E-state index in [1.807, 2.05) is 26.2 Å². The van der Waals surface area contributed by atoms with Gasteiger partial charge in [-0.1, -0.05) is 60.7 Å².